The fraction of sp³-hybridized carbons (Fsp3) is 0.222. The Balaban J connectivity index is 2.00. The number of hydrogen-bond acceptors (Lipinski definition) is 1. The molecule has 1 nitrogen and oxygen atoms in total. The van der Waals surface area contributed by atoms with Crippen molar-refractivity contribution in [2.75, 3.05) is 0 Å². The van der Waals surface area contributed by atoms with Crippen molar-refractivity contribution in [1.29, 1.82) is 0 Å². The monoisotopic (exact) mass is 249 g/mol. The van der Waals surface area contributed by atoms with Crippen molar-refractivity contribution >= 4 is 0 Å². The smallest absolute Gasteiger partial charge is 0.0581 e. The van der Waals surface area contributed by atoms with Crippen LogP contribution in [0, 0.1) is 0 Å². The van der Waals surface area contributed by atoms with Crippen molar-refractivity contribution < 1.29 is 0 Å². The van der Waals surface area contributed by atoms with E-state index in [4.69, 9.17) is 0 Å². The summed E-state index contributed by atoms with van der Waals surface area (Å²) in [7, 11) is 0. The number of hydrogen-bond donors (Lipinski definition) is 1. The third-order valence-electron chi connectivity index (χ3n) is 3.82. The van der Waals surface area contributed by atoms with Crippen LogP contribution in [-0.2, 0) is 6.42 Å². The molecule has 0 aromatic heterocycles. The predicted octanol–water partition coefficient (Wildman–Crippen LogP) is 3.87. The van der Waals surface area contributed by atoms with Gasteiger partial charge in [-0.2, -0.15) is 0 Å². The molecule has 3 rings (SSSR count). The molecular weight excluding hydrogens is 230 g/mol. The van der Waals surface area contributed by atoms with Gasteiger partial charge in [-0.25, -0.2) is 0 Å². The van der Waals surface area contributed by atoms with Crippen molar-refractivity contribution in [3.05, 3.63) is 83.9 Å². The zero-order valence-electron chi connectivity index (χ0n) is 11.0. The van der Waals surface area contributed by atoms with E-state index in [1.807, 2.05) is 6.08 Å². The maximum Gasteiger partial charge on any atom is 0.0581 e. The highest BCUT2D eigenvalue weighted by atomic mass is 15.0. The Morgan fingerprint density at radius 3 is 2.58 bits per heavy atom. The van der Waals surface area contributed by atoms with Crippen LogP contribution in [0.5, 0.6) is 0 Å². The molecule has 2 unspecified atom stereocenters. The van der Waals surface area contributed by atoms with Gasteiger partial charge in [0.2, 0.25) is 0 Å². The summed E-state index contributed by atoms with van der Waals surface area (Å²) in [6.45, 7) is 3.87. The summed E-state index contributed by atoms with van der Waals surface area (Å²) in [6, 6.07) is 20.2. The van der Waals surface area contributed by atoms with Gasteiger partial charge in [0, 0.05) is 6.04 Å². The highest BCUT2D eigenvalue weighted by Gasteiger charge is 2.25. The lowest BCUT2D eigenvalue weighted by molar-refractivity contribution is 0.440. The van der Waals surface area contributed by atoms with E-state index in [9.17, 15) is 0 Å². The Hall–Kier alpha value is -1.86. The molecule has 1 aliphatic heterocycles. The maximum absolute atomic E-state index is 3.87. The number of fused-ring (bicyclic) bond motifs is 1. The SMILES string of the molecule is C=CCC1Cc2ccccc2C(c2ccccc2)N1. The molecule has 0 amide bonds. The van der Waals surface area contributed by atoms with E-state index in [-0.39, 0.29) is 0 Å². The van der Waals surface area contributed by atoms with E-state index in [2.05, 4.69) is 66.5 Å². The number of rotatable bonds is 3. The van der Waals surface area contributed by atoms with Crippen LogP contribution in [0.25, 0.3) is 0 Å². The molecule has 0 saturated heterocycles. The molecule has 0 bridgehead atoms. The second-order valence-corrected chi connectivity index (χ2v) is 5.13. The first kappa shape index (κ1) is 12.2. The molecule has 1 N–H and O–H groups in total. The van der Waals surface area contributed by atoms with Gasteiger partial charge in [-0.3, -0.25) is 0 Å². The van der Waals surface area contributed by atoms with Gasteiger partial charge >= 0.3 is 0 Å². The first-order valence-electron chi connectivity index (χ1n) is 6.88. The van der Waals surface area contributed by atoms with Crippen LogP contribution in [0.15, 0.2) is 67.3 Å². The van der Waals surface area contributed by atoms with Crippen LogP contribution < -0.4 is 5.32 Å². The zero-order valence-corrected chi connectivity index (χ0v) is 11.0. The summed E-state index contributed by atoms with van der Waals surface area (Å²) < 4.78 is 0. The third kappa shape index (κ3) is 2.47. The Morgan fingerprint density at radius 1 is 1.05 bits per heavy atom. The normalized spacial score (nSPS) is 21.7. The molecule has 0 fully saturated rings. The first-order chi connectivity index (χ1) is 9.38. The summed E-state index contributed by atoms with van der Waals surface area (Å²) in [6.07, 6.45) is 4.11. The van der Waals surface area contributed by atoms with Gasteiger partial charge in [-0.1, -0.05) is 60.7 Å². The molecule has 2 aromatic carbocycles. The van der Waals surface area contributed by atoms with Gasteiger partial charge in [-0.15, -0.1) is 6.58 Å². The molecular formula is C18H19N. The number of benzene rings is 2. The molecule has 0 aliphatic carbocycles. The molecule has 1 heteroatoms. The van der Waals surface area contributed by atoms with E-state index in [0.29, 0.717) is 12.1 Å². The number of nitrogens with one attached hydrogen (secondary N) is 1. The van der Waals surface area contributed by atoms with E-state index < -0.39 is 0 Å². The quantitative estimate of drug-likeness (QED) is 0.814. The molecule has 0 saturated carbocycles. The largest absolute Gasteiger partial charge is 0.303 e. The van der Waals surface area contributed by atoms with Crippen LogP contribution in [0.2, 0.25) is 0 Å². The van der Waals surface area contributed by atoms with Crippen molar-refractivity contribution in [1.82, 2.24) is 5.32 Å². The van der Waals surface area contributed by atoms with Gasteiger partial charge < -0.3 is 5.32 Å². The van der Waals surface area contributed by atoms with Crippen LogP contribution in [-0.4, -0.2) is 6.04 Å². The second-order valence-electron chi connectivity index (χ2n) is 5.13. The van der Waals surface area contributed by atoms with E-state index in [1.54, 1.807) is 0 Å². The third-order valence-corrected chi connectivity index (χ3v) is 3.82. The standard InChI is InChI=1S/C18H19N/c1-2-8-16-13-15-11-6-7-12-17(15)18(19-16)14-9-4-3-5-10-14/h2-7,9-12,16,18-19H,1,8,13H2. The maximum atomic E-state index is 3.87. The van der Waals surface area contributed by atoms with E-state index in [0.717, 1.165) is 12.8 Å². The average Bonchev–Trinajstić information content (AvgIpc) is 2.48. The van der Waals surface area contributed by atoms with Crippen molar-refractivity contribution in [3.63, 3.8) is 0 Å². The lowest BCUT2D eigenvalue weighted by atomic mass is 9.86. The van der Waals surface area contributed by atoms with Crippen LogP contribution in [0.3, 0.4) is 0 Å². The molecule has 0 radical (unpaired) electrons. The van der Waals surface area contributed by atoms with Gasteiger partial charge in [0.25, 0.3) is 0 Å². The van der Waals surface area contributed by atoms with Crippen LogP contribution in [0.1, 0.15) is 29.2 Å². The summed E-state index contributed by atoms with van der Waals surface area (Å²) in [5.41, 5.74) is 4.21. The fourth-order valence-electron chi connectivity index (χ4n) is 2.93. The van der Waals surface area contributed by atoms with Crippen LogP contribution >= 0.6 is 0 Å². The Kier molecular flexibility index (Phi) is 3.47. The lowest BCUT2D eigenvalue weighted by Crippen LogP contribution is -2.39. The van der Waals surface area contributed by atoms with Gasteiger partial charge in [0.15, 0.2) is 0 Å². The fourth-order valence-corrected chi connectivity index (χ4v) is 2.93. The average molecular weight is 249 g/mol. The molecule has 0 spiro atoms. The minimum atomic E-state index is 0.302. The first-order valence-corrected chi connectivity index (χ1v) is 6.88. The topological polar surface area (TPSA) is 12.0 Å². The Bertz CT molecular complexity index is 559. The summed E-state index contributed by atoms with van der Waals surface area (Å²) in [5.74, 6) is 0. The Morgan fingerprint density at radius 2 is 1.79 bits per heavy atom. The minimum absolute atomic E-state index is 0.302. The van der Waals surface area contributed by atoms with Gasteiger partial charge in [0.05, 0.1) is 6.04 Å². The van der Waals surface area contributed by atoms with E-state index >= 15 is 0 Å². The minimum Gasteiger partial charge on any atom is -0.303 e. The molecule has 2 aromatic rings. The zero-order chi connectivity index (χ0) is 13.1. The van der Waals surface area contributed by atoms with Gasteiger partial charge in [-0.05, 0) is 29.5 Å². The summed E-state index contributed by atoms with van der Waals surface area (Å²) >= 11 is 0. The van der Waals surface area contributed by atoms with Crippen molar-refractivity contribution in [2.45, 2.75) is 24.9 Å². The second kappa shape index (κ2) is 5.41. The lowest BCUT2D eigenvalue weighted by Gasteiger charge is -2.33. The molecule has 96 valence electrons. The van der Waals surface area contributed by atoms with Crippen LogP contribution in [0.4, 0.5) is 0 Å². The van der Waals surface area contributed by atoms with E-state index in [1.165, 1.54) is 16.7 Å². The van der Waals surface area contributed by atoms with Crippen molar-refractivity contribution in [2.24, 2.45) is 0 Å². The summed E-state index contributed by atoms with van der Waals surface area (Å²) in [5, 5.41) is 3.76. The Labute approximate surface area is 115 Å². The van der Waals surface area contributed by atoms with Gasteiger partial charge in [0.1, 0.15) is 0 Å². The predicted molar refractivity (Wildman–Crippen MR) is 80.2 cm³/mol. The molecule has 19 heavy (non-hydrogen) atoms. The molecule has 1 heterocycles. The molecule has 1 aliphatic rings. The highest BCUT2D eigenvalue weighted by molar-refractivity contribution is 5.40. The molecule has 2 atom stereocenters. The summed E-state index contributed by atoms with van der Waals surface area (Å²) in [4.78, 5) is 0. The highest BCUT2D eigenvalue weighted by Crippen LogP contribution is 2.31. The van der Waals surface area contributed by atoms with Crippen molar-refractivity contribution in [3.8, 4) is 0 Å².